The van der Waals surface area contributed by atoms with Gasteiger partial charge in [-0.1, -0.05) is 42.1 Å². The summed E-state index contributed by atoms with van der Waals surface area (Å²) in [6.45, 7) is 0.344. The zero-order valence-electron chi connectivity index (χ0n) is 17.4. The normalized spacial score (nSPS) is 16.4. The van der Waals surface area contributed by atoms with Crippen LogP contribution in [-0.2, 0) is 16.1 Å². The van der Waals surface area contributed by atoms with Crippen LogP contribution < -0.4 is 10.1 Å². The quantitative estimate of drug-likeness (QED) is 0.702. The van der Waals surface area contributed by atoms with E-state index in [1.54, 1.807) is 7.11 Å². The van der Waals surface area contributed by atoms with Crippen LogP contribution in [0.3, 0.4) is 0 Å². The van der Waals surface area contributed by atoms with Crippen LogP contribution in [0.25, 0.3) is 0 Å². The van der Waals surface area contributed by atoms with E-state index in [-0.39, 0.29) is 30.4 Å². The van der Waals surface area contributed by atoms with E-state index in [1.807, 2.05) is 48.5 Å². The predicted octanol–water partition coefficient (Wildman–Crippen LogP) is 3.01. The second-order valence-electron chi connectivity index (χ2n) is 7.13. The molecule has 0 fully saturated rings. The number of rotatable bonds is 7. The minimum absolute atomic E-state index is 0.162. The first-order valence-electron chi connectivity index (χ1n) is 10.1. The molecule has 0 aliphatic carbocycles. The van der Waals surface area contributed by atoms with Crippen molar-refractivity contribution in [2.24, 2.45) is 9.98 Å². The Labute approximate surface area is 190 Å². The minimum atomic E-state index is -0.666. The summed E-state index contributed by atoms with van der Waals surface area (Å²) >= 11 is 1.20. The molecular formula is C23H21N5O3S. The molecule has 1 N–H and O–H groups in total. The number of ether oxygens (including phenoxy) is 1. The highest BCUT2D eigenvalue weighted by Gasteiger charge is 2.41. The number of amidine groups is 2. The molecule has 2 amide bonds. The molecule has 0 aromatic heterocycles. The Morgan fingerprint density at radius 1 is 1.25 bits per heavy atom. The van der Waals surface area contributed by atoms with Gasteiger partial charge < -0.3 is 10.1 Å². The van der Waals surface area contributed by atoms with Gasteiger partial charge in [0.15, 0.2) is 5.17 Å². The first kappa shape index (κ1) is 21.6. The van der Waals surface area contributed by atoms with Crippen molar-refractivity contribution in [3.63, 3.8) is 0 Å². The zero-order valence-corrected chi connectivity index (χ0v) is 18.3. The van der Waals surface area contributed by atoms with Crippen LogP contribution in [0.1, 0.15) is 24.0 Å². The van der Waals surface area contributed by atoms with Crippen LogP contribution in [0.15, 0.2) is 58.5 Å². The van der Waals surface area contributed by atoms with Gasteiger partial charge in [0.2, 0.25) is 5.91 Å². The fourth-order valence-corrected chi connectivity index (χ4v) is 4.24. The molecule has 8 nitrogen and oxygen atoms in total. The van der Waals surface area contributed by atoms with Crippen LogP contribution in [-0.4, -0.2) is 46.6 Å². The topological polar surface area (TPSA) is 107 Å². The number of benzene rings is 2. The predicted molar refractivity (Wildman–Crippen MR) is 123 cm³/mol. The largest absolute Gasteiger partial charge is 0.496 e. The second kappa shape index (κ2) is 9.66. The highest BCUT2D eigenvalue weighted by molar-refractivity contribution is 8.14. The van der Waals surface area contributed by atoms with E-state index in [4.69, 9.17) is 10.00 Å². The summed E-state index contributed by atoms with van der Waals surface area (Å²) in [5.74, 6) is 1.02. The molecule has 9 heteroatoms. The molecule has 0 bridgehead atoms. The maximum Gasteiger partial charge on any atom is 0.259 e. The molecule has 0 saturated carbocycles. The lowest BCUT2D eigenvalue weighted by molar-refractivity contribution is -0.125. The number of para-hydroxylation sites is 2. The zero-order chi connectivity index (χ0) is 22.5. The van der Waals surface area contributed by atoms with E-state index < -0.39 is 6.04 Å². The van der Waals surface area contributed by atoms with Crippen molar-refractivity contribution < 1.29 is 14.3 Å². The molecule has 0 saturated heterocycles. The lowest BCUT2D eigenvalue weighted by Gasteiger charge is -2.25. The van der Waals surface area contributed by atoms with Crippen molar-refractivity contribution in [2.45, 2.75) is 25.4 Å². The third-order valence-electron chi connectivity index (χ3n) is 5.13. The van der Waals surface area contributed by atoms with Crippen LogP contribution in [0.2, 0.25) is 0 Å². The average Bonchev–Trinajstić information content (AvgIpc) is 3.16. The highest BCUT2D eigenvalue weighted by Crippen LogP contribution is 2.34. The van der Waals surface area contributed by atoms with E-state index in [0.717, 1.165) is 11.1 Å². The minimum Gasteiger partial charge on any atom is -0.496 e. The van der Waals surface area contributed by atoms with Gasteiger partial charge in [-0.25, -0.2) is 9.89 Å². The molecule has 0 unspecified atom stereocenters. The van der Waals surface area contributed by atoms with Crippen molar-refractivity contribution in [3.05, 3.63) is 59.7 Å². The molecule has 2 aliphatic heterocycles. The average molecular weight is 448 g/mol. The molecular weight excluding hydrogens is 426 g/mol. The summed E-state index contributed by atoms with van der Waals surface area (Å²) in [6, 6.07) is 16.3. The van der Waals surface area contributed by atoms with E-state index in [1.165, 1.54) is 16.7 Å². The molecule has 2 heterocycles. The van der Waals surface area contributed by atoms with E-state index in [2.05, 4.69) is 21.4 Å². The van der Waals surface area contributed by atoms with Crippen molar-refractivity contribution >= 4 is 40.3 Å². The first-order chi connectivity index (χ1) is 15.6. The van der Waals surface area contributed by atoms with Gasteiger partial charge >= 0.3 is 0 Å². The van der Waals surface area contributed by atoms with Gasteiger partial charge in [0.05, 0.1) is 24.6 Å². The monoisotopic (exact) mass is 447 g/mol. The number of carbonyl (C=O) groups excluding carboxylic acids is 2. The van der Waals surface area contributed by atoms with Crippen LogP contribution in [0.5, 0.6) is 5.75 Å². The maximum absolute atomic E-state index is 13.1. The fourth-order valence-electron chi connectivity index (χ4n) is 3.58. The fraction of sp³-hybridized carbons (Fsp3) is 0.261. The number of aliphatic imine (C=N–C) groups is 2. The molecule has 2 aliphatic rings. The lowest BCUT2D eigenvalue weighted by atomic mass is 10.1. The number of fused-ring (bicyclic) bond motifs is 3. The first-order valence-corrected chi connectivity index (χ1v) is 11.1. The summed E-state index contributed by atoms with van der Waals surface area (Å²) in [6.07, 6.45) is 0.449. The van der Waals surface area contributed by atoms with Gasteiger partial charge in [0.25, 0.3) is 5.91 Å². The molecule has 2 aromatic rings. The van der Waals surface area contributed by atoms with Gasteiger partial charge in [-0.05, 0) is 24.6 Å². The Morgan fingerprint density at radius 2 is 2.03 bits per heavy atom. The van der Waals surface area contributed by atoms with Gasteiger partial charge in [0, 0.05) is 24.1 Å². The van der Waals surface area contributed by atoms with E-state index in [0.29, 0.717) is 29.0 Å². The number of amides is 2. The number of thioether (sulfide) groups is 1. The summed E-state index contributed by atoms with van der Waals surface area (Å²) in [5.41, 5.74) is 2.36. The van der Waals surface area contributed by atoms with Gasteiger partial charge in [-0.3, -0.25) is 14.6 Å². The number of hydrogen-bond donors (Lipinski definition) is 1. The second-order valence-corrected chi connectivity index (χ2v) is 8.07. The van der Waals surface area contributed by atoms with Crippen LogP contribution in [0.4, 0.5) is 5.69 Å². The number of methoxy groups -OCH3 is 1. The van der Waals surface area contributed by atoms with Crippen molar-refractivity contribution in [2.75, 3.05) is 12.9 Å². The Bertz CT molecular complexity index is 1150. The number of nitrogens with zero attached hydrogens (tertiary/aromatic N) is 4. The van der Waals surface area contributed by atoms with Crippen LogP contribution >= 0.6 is 11.8 Å². The molecule has 1 atom stereocenters. The number of carbonyl (C=O) groups is 2. The Kier molecular flexibility index (Phi) is 6.52. The van der Waals surface area contributed by atoms with E-state index in [9.17, 15) is 9.59 Å². The van der Waals surface area contributed by atoms with Crippen molar-refractivity contribution in [3.8, 4) is 11.8 Å². The Balaban J connectivity index is 1.43. The van der Waals surface area contributed by atoms with Crippen LogP contribution in [0, 0.1) is 11.3 Å². The number of nitrogens with one attached hydrogen (secondary N) is 1. The molecule has 0 spiro atoms. The molecule has 2 aromatic carbocycles. The van der Waals surface area contributed by atoms with Gasteiger partial charge in [0.1, 0.15) is 17.6 Å². The molecule has 162 valence electrons. The molecule has 0 radical (unpaired) electrons. The molecule has 32 heavy (non-hydrogen) atoms. The summed E-state index contributed by atoms with van der Waals surface area (Å²) in [7, 11) is 1.59. The lowest BCUT2D eigenvalue weighted by Crippen LogP contribution is -2.41. The maximum atomic E-state index is 13.1. The standard InChI is InChI=1S/C23H21N5O3S/c1-31-19-9-5-2-6-15(19)14-25-20(29)11-10-18-22(30)28-21(26-18)16-7-3-4-8-17(16)27-23(28)32-13-12-24/h2-9,18H,10-11,13-14H2,1H3,(H,25,29)/t18-/m0/s1. The van der Waals surface area contributed by atoms with Gasteiger partial charge in [-0.2, -0.15) is 5.26 Å². The summed E-state index contributed by atoms with van der Waals surface area (Å²) in [5, 5.41) is 12.3. The number of hydrogen-bond acceptors (Lipinski definition) is 7. The SMILES string of the molecule is COc1ccccc1CNC(=O)CC[C@@H]1N=C2c3ccccc3N=C(SCC#N)N2C1=O. The third-order valence-corrected chi connectivity index (χ3v) is 5.93. The number of nitriles is 1. The van der Waals surface area contributed by atoms with Crippen molar-refractivity contribution in [1.82, 2.24) is 10.2 Å². The summed E-state index contributed by atoms with van der Waals surface area (Å²) in [4.78, 5) is 36.1. The highest BCUT2D eigenvalue weighted by atomic mass is 32.2. The summed E-state index contributed by atoms with van der Waals surface area (Å²) < 4.78 is 5.30. The smallest absolute Gasteiger partial charge is 0.259 e. The van der Waals surface area contributed by atoms with Gasteiger partial charge in [-0.15, -0.1) is 0 Å². The molecule has 4 rings (SSSR count). The Hall–Kier alpha value is -3.64. The van der Waals surface area contributed by atoms with E-state index >= 15 is 0 Å². The Morgan fingerprint density at radius 3 is 2.84 bits per heavy atom. The van der Waals surface area contributed by atoms with Crippen molar-refractivity contribution in [1.29, 1.82) is 5.26 Å². The third kappa shape index (κ3) is 4.36.